The maximum absolute atomic E-state index is 12.5. The molecule has 0 spiro atoms. The summed E-state index contributed by atoms with van der Waals surface area (Å²) in [7, 11) is 1.49. The summed E-state index contributed by atoms with van der Waals surface area (Å²) in [5, 5.41) is 2.52. The fourth-order valence-electron chi connectivity index (χ4n) is 1.53. The van der Waals surface area contributed by atoms with Crippen LogP contribution < -0.4 is 5.32 Å². The lowest BCUT2D eigenvalue weighted by atomic mass is 10.2. The highest BCUT2D eigenvalue weighted by molar-refractivity contribution is 7.99. The van der Waals surface area contributed by atoms with Crippen LogP contribution in [0.3, 0.4) is 0 Å². The molecule has 22 heavy (non-hydrogen) atoms. The first-order chi connectivity index (χ1) is 10.5. The smallest absolute Gasteiger partial charge is 0.340 e. The van der Waals surface area contributed by atoms with Crippen molar-refractivity contribution >= 4 is 23.6 Å². The summed E-state index contributed by atoms with van der Waals surface area (Å²) >= 11 is 0.254. The first-order valence-corrected chi connectivity index (χ1v) is 7.35. The van der Waals surface area contributed by atoms with E-state index < -0.39 is 23.7 Å². The third-order valence-electron chi connectivity index (χ3n) is 2.58. The number of nitrogens with one attached hydrogen (secondary N) is 1. The Kier molecular flexibility index (Phi) is 7.83. The number of thioether (sulfide) groups is 1. The van der Waals surface area contributed by atoms with Crippen molar-refractivity contribution < 1.29 is 27.8 Å². The molecule has 122 valence electrons. The van der Waals surface area contributed by atoms with E-state index in [1.807, 2.05) is 0 Å². The summed E-state index contributed by atoms with van der Waals surface area (Å²) in [6.07, 6.45) is -1.03. The molecular weight excluding hydrogens is 316 g/mol. The van der Waals surface area contributed by atoms with Crippen LogP contribution >= 0.6 is 11.8 Å². The van der Waals surface area contributed by atoms with Gasteiger partial charge in [-0.15, -0.1) is 0 Å². The van der Waals surface area contributed by atoms with Gasteiger partial charge in [-0.1, -0.05) is 23.9 Å². The normalized spacial score (nSPS) is 12.0. The second-order valence-electron chi connectivity index (χ2n) is 4.21. The lowest BCUT2D eigenvalue weighted by Crippen LogP contribution is -2.37. The molecule has 0 aliphatic carbocycles. The zero-order chi connectivity index (χ0) is 16.5. The van der Waals surface area contributed by atoms with Gasteiger partial charge in [-0.2, -0.15) is 8.78 Å². The van der Waals surface area contributed by atoms with Crippen molar-refractivity contribution in [2.45, 2.75) is 23.7 Å². The van der Waals surface area contributed by atoms with Crippen LogP contribution in [-0.2, 0) is 14.3 Å². The minimum absolute atomic E-state index is 0.00402. The Balaban J connectivity index is 2.66. The molecule has 0 radical (unpaired) electrons. The third-order valence-corrected chi connectivity index (χ3v) is 3.37. The number of methoxy groups -OCH3 is 1. The predicted octanol–water partition coefficient (Wildman–Crippen LogP) is 2.31. The molecule has 1 rings (SSSR count). The molecule has 0 aliphatic heterocycles. The van der Waals surface area contributed by atoms with Crippen LogP contribution in [0.4, 0.5) is 8.78 Å². The largest absolute Gasteiger partial charge is 0.449 e. The molecule has 0 fully saturated rings. The molecule has 1 aromatic rings. The van der Waals surface area contributed by atoms with Crippen molar-refractivity contribution in [1.29, 1.82) is 0 Å². The second-order valence-corrected chi connectivity index (χ2v) is 5.24. The quantitative estimate of drug-likeness (QED) is 0.449. The number of rotatable bonds is 8. The van der Waals surface area contributed by atoms with E-state index in [1.54, 1.807) is 6.07 Å². The van der Waals surface area contributed by atoms with Crippen LogP contribution in [0.1, 0.15) is 17.3 Å². The predicted molar refractivity (Wildman–Crippen MR) is 78.1 cm³/mol. The first-order valence-electron chi connectivity index (χ1n) is 6.47. The Morgan fingerprint density at radius 2 is 2.00 bits per heavy atom. The zero-order valence-corrected chi connectivity index (χ0v) is 13.0. The van der Waals surface area contributed by atoms with Gasteiger partial charge < -0.3 is 14.8 Å². The van der Waals surface area contributed by atoms with Gasteiger partial charge in [-0.3, -0.25) is 4.79 Å². The number of carbonyl (C=O) groups is 2. The highest BCUT2D eigenvalue weighted by Crippen LogP contribution is 2.28. The Hall–Kier alpha value is -1.67. The summed E-state index contributed by atoms with van der Waals surface area (Å²) in [4.78, 5) is 23.8. The molecule has 0 aliphatic rings. The van der Waals surface area contributed by atoms with Gasteiger partial charge in [0.15, 0.2) is 6.10 Å². The highest BCUT2D eigenvalue weighted by Gasteiger charge is 2.21. The molecule has 0 aromatic heterocycles. The number of alkyl halides is 2. The van der Waals surface area contributed by atoms with Gasteiger partial charge in [-0.25, -0.2) is 4.79 Å². The summed E-state index contributed by atoms with van der Waals surface area (Å²) in [5.74, 6) is -3.95. The molecule has 8 heteroatoms. The molecule has 0 saturated heterocycles. The monoisotopic (exact) mass is 333 g/mol. The minimum atomic E-state index is -2.65. The van der Waals surface area contributed by atoms with Crippen molar-refractivity contribution in [2.75, 3.05) is 20.3 Å². The summed E-state index contributed by atoms with van der Waals surface area (Å²) in [5.41, 5.74) is 0.00402. The number of hydrogen-bond acceptors (Lipinski definition) is 5. The standard InChI is InChI=1S/C14H17F2NO4S/c1-9(12(18)17-7-8-20-2)21-13(19)10-5-3-4-6-11(10)22-14(15)16/h3-6,9,14H,7-8H2,1-2H3,(H,17,18)/t9-/m0/s1. The van der Waals surface area contributed by atoms with Gasteiger partial charge >= 0.3 is 5.97 Å². The number of amides is 1. The van der Waals surface area contributed by atoms with Gasteiger partial charge in [-0.05, 0) is 19.1 Å². The third kappa shape index (κ3) is 5.98. The number of hydrogen-bond donors (Lipinski definition) is 1. The zero-order valence-electron chi connectivity index (χ0n) is 12.2. The van der Waals surface area contributed by atoms with Crippen molar-refractivity contribution in [1.82, 2.24) is 5.32 Å². The van der Waals surface area contributed by atoms with Crippen LogP contribution in [0.5, 0.6) is 0 Å². The van der Waals surface area contributed by atoms with E-state index in [9.17, 15) is 18.4 Å². The van der Waals surface area contributed by atoms with Crippen LogP contribution in [0.2, 0.25) is 0 Å². The molecule has 1 atom stereocenters. The maximum Gasteiger partial charge on any atom is 0.340 e. The van der Waals surface area contributed by atoms with Crippen LogP contribution in [0, 0.1) is 0 Å². The van der Waals surface area contributed by atoms with Gasteiger partial charge in [0, 0.05) is 18.6 Å². The fourth-order valence-corrected chi connectivity index (χ4v) is 2.16. The van der Waals surface area contributed by atoms with Crippen molar-refractivity contribution in [2.24, 2.45) is 0 Å². The molecule has 0 heterocycles. The van der Waals surface area contributed by atoms with Gasteiger partial charge in [0.25, 0.3) is 11.7 Å². The van der Waals surface area contributed by atoms with Crippen LogP contribution in [0.25, 0.3) is 0 Å². The number of ether oxygens (including phenoxy) is 2. The Bertz CT molecular complexity index is 513. The van der Waals surface area contributed by atoms with Crippen molar-refractivity contribution in [3.63, 3.8) is 0 Å². The van der Waals surface area contributed by atoms with E-state index in [0.717, 1.165) is 0 Å². The van der Waals surface area contributed by atoms with E-state index in [1.165, 1.54) is 32.2 Å². The second kappa shape index (κ2) is 9.37. The average molecular weight is 333 g/mol. The molecular formula is C14H17F2NO4S. The lowest BCUT2D eigenvalue weighted by molar-refractivity contribution is -0.129. The van der Waals surface area contributed by atoms with E-state index in [0.29, 0.717) is 6.61 Å². The van der Waals surface area contributed by atoms with E-state index in [4.69, 9.17) is 9.47 Å². The minimum Gasteiger partial charge on any atom is -0.449 e. The number of halogens is 2. The van der Waals surface area contributed by atoms with Crippen molar-refractivity contribution in [3.8, 4) is 0 Å². The fraction of sp³-hybridized carbons (Fsp3) is 0.429. The highest BCUT2D eigenvalue weighted by atomic mass is 32.2. The molecule has 0 bridgehead atoms. The van der Waals surface area contributed by atoms with Gasteiger partial charge in [0.05, 0.1) is 12.2 Å². The van der Waals surface area contributed by atoms with Crippen LogP contribution in [0.15, 0.2) is 29.2 Å². The van der Waals surface area contributed by atoms with Gasteiger partial charge in [0.2, 0.25) is 0 Å². The molecule has 0 unspecified atom stereocenters. The Labute approximate surface area is 131 Å². The van der Waals surface area contributed by atoms with E-state index >= 15 is 0 Å². The number of carbonyl (C=O) groups excluding carboxylic acids is 2. The topological polar surface area (TPSA) is 64.6 Å². The summed E-state index contributed by atoms with van der Waals surface area (Å²) in [6.45, 7) is 2.03. The summed E-state index contributed by atoms with van der Waals surface area (Å²) < 4.78 is 34.7. The number of benzene rings is 1. The molecule has 1 N–H and O–H groups in total. The molecule has 0 saturated carbocycles. The Morgan fingerprint density at radius 3 is 2.64 bits per heavy atom. The van der Waals surface area contributed by atoms with E-state index in [2.05, 4.69) is 5.32 Å². The van der Waals surface area contributed by atoms with Gasteiger partial charge in [0.1, 0.15) is 0 Å². The number of esters is 1. The summed E-state index contributed by atoms with van der Waals surface area (Å²) in [6, 6.07) is 5.86. The lowest BCUT2D eigenvalue weighted by Gasteiger charge is -2.14. The molecule has 1 amide bonds. The average Bonchev–Trinajstić information content (AvgIpc) is 2.47. The molecule has 5 nitrogen and oxygen atoms in total. The SMILES string of the molecule is COCCNC(=O)[C@H](C)OC(=O)c1ccccc1SC(F)F. The maximum atomic E-state index is 12.5. The van der Waals surface area contributed by atoms with E-state index in [-0.39, 0.29) is 28.8 Å². The molecule has 1 aromatic carbocycles. The Morgan fingerprint density at radius 1 is 1.32 bits per heavy atom. The first kappa shape index (κ1) is 18.4. The van der Waals surface area contributed by atoms with Crippen LogP contribution in [-0.4, -0.2) is 44.0 Å². The van der Waals surface area contributed by atoms with Crippen molar-refractivity contribution in [3.05, 3.63) is 29.8 Å².